The third-order valence-corrected chi connectivity index (χ3v) is 1.72. The van der Waals surface area contributed by atoms with Crippen molar-refractivity contribution < 1.29 is 4.79 Å². The van der Waals surface area contributed by atoms with E-state index in [2.05, 4.69) is 26.4 Å². The lowest BCUT2D eigenvalue weighted by Gasteiger charge is -1.90. The second-order valence-electron chi connectivity index (χ2n) is 1.34. The smallest absolute Gasteiger partial charge is 0.192 e. The standard InChI is InChI=1S/C4H7I2NO/c5-4(8)2-1-3-7-6/h7H,1-3H2. The zero-order chi connectivity index (χ0) is 6.41. The Balaban J connectivity index is 2.82. The topological polar surface area (TPSA) is 29.1 Å². The fourth-order valence-corrected chi connectivity index (χ4v) is 1.06. The molecule has 0 spiro atoms. The molecular weight excluding hydrogens is 332 g/mol. The van der Waals surface area contributed by atoms with Crippen molar-refractivity contribution >= 4 is 49.2 Å². The van der Waals surface area contributed by atoms with Crippen LogP contribution in [0.2, 0.25) is 0 Å². The van der Waals surface area contributed by atoms with E-state index in [0.717, 1.165) is 13.0 Å². The summed E-state index contributed by atoms with van der Waals surface area (Å²) >= 11 is 3.88. The van der Waals surface area contributed by atoms with Gasteiger partial charge in [-0.2, -0.15) is 0 Å². The Morgan fingerprint density at radius 2 is 2.25 bits per heavy atom. The first-order valence-electron chi connectivity index (χ1n) is 2.29. The average molecular weight is 339 g/mol. The average Bonchev–Trinajstić information content (AvgIpc) is 1.66. The zero-order valence-corrected chi connectivity index (χ0v) is 8.60. The molecule has 0 saturated carbocycles. The molecule has 0 heterocycles. The summed E-state index contributed by atoms with van der Waals surface area (Å²) in [6, 6.07) is 0. The molecule has 4 heteroatoms. The molecule has 0 fully saturated rings. The molecule has 2 nitrogen and oxygen atoms in total. The van der Waals surface area contributed by atoms with Gasteiger partial charge in [0.25, 0.3) is 0 Å². The first-order valence-corrected chi connectivity index (χ1v) is 4.45. The van der Waals surface area contributed by atoms with Crippen LogP contribution in [0.4, 0.5) is 0 Å². The van der Waals surface area contributed by atoms with Crippen LogP contribution in [0.5, 0.6) is 0 Å². The minimum atomic E-state index is 0.245. The molecule has 0 bridgehead atoms. The van der Waals surface area contributed by atoms with Crippen LogP contribution in [-0.4, -0.2) is 10.3 Å². The summed E-state index contributed by atoms with van der Waals surface area (Å²) in [6.45, 7) is 0.926. The Bertz CT molecular complexity index is 76.4. The number of carbonyl (C=O) groups is 1. The van der Waals surface area contributed by atoms with Crippen molar-refractivity contribution in [3.05, 3.63) is 0 Å². The number of halogens is 2. The van der Waals surface area contributed by atoms with Crippen LogP contribution >= 0.6 is 45.5 Å². The Kier molecular flexibility index (Phi) is 7.06. The minimum Gasteiger partial charge on any atom is -0.288 e. The second-order valence-corrected chi connectivity index (χ2v) is 3.31. The first-order chi connectivity index (χ1) is 3.77. The highest BCUT2D eigenvalue weighted by atomic mass is 127. The number of nitrogens with one attached hydrogen (secondary N) is 1. The molecular formula is C4H7I2NO. The number of rotatable bonds is 4. The monoisotopic (exact) mass is 339 g/mol. The van der Waals surface area contributed by atoms with Crippen LogP contribution in [0, 0.1) is 0 Å². The maximum Gasteiger partial charge on any atom is 0.192 e. The Hall–Kier alpha value is 1.09. The van der Waals surface area contributed by atoms with Crippen molar-refractivity contribution in [2.24, 2.45) is 0 Å². The maximum absolute atomic E-state index is 10.3. The largest absolute Gasteiger partial charge is 0.288 e. The quantitative estimate of drug-likeness (QED) is 0.366. The van der Waals surface area contributed by atoms with E-state index in [1.54, 1.807) is 0 Å². The summed E-state index contributed by atoms with van der Waals surface area (Å²) in [5.41, 5.74) is 0. The van der Waals surface area contributed by atoms with E-state index in [9.17, 15) is 4.79 Å². The molecule has 0 aliphatic heterocycles. The molecule has 1 N–H and O–H groups in total. The Morgan fingerprint density at radius 1 is 1.62 bits per heavy atom. The molecule has 48 valence electrons. The van der Waals surface area contributed by atoms with Crippen molar-refractivity contribution in [2.75, 3.05) is 6.54 Å². The molecule has 0 aliphatic carbocycles. The van der Waals surface area contributed by atoms with Gasteiger partial charge in [0.2, 0.25) is 0 Å². The summed E-state index contributed by atoms with van der Waals surface area (Å²) < 4.78 is 3.18. The van der Waals surface area contributed by atoms with Gasteiger partial charge in [-0.3, -0.25) is 8.32 Å². The highest BCUT2D eigenvalue weighted by Gasteiger charge is 1.91. The van der Waals surface area contributed by atoms with Crippen molar-refractivity contribution in [3.63, 3.8) is 0 Å². The van der Waals surface area contributed by atoms with Crippen LogP contribution < -0.4 is 3.53 Å². The van der Waals surface area contributed by atoms with E-state index in [4.69, 9.17) is 0 Å². The van der Waals surface area contributed by atoms with Crippen LogP contribution in [0.3, 0.4) is 0 Å². The second kappa shape index (κ2) is 6.21. The number of hydrogen-bond acceptors (Lipinski definition) is 2. The summed E-state index contributed by atoms with van der Waals surface area (Å²) in [5.74, 6) is 0. The molecule has 0 aromatic rings. The number of carbonyl (C=O) groups excluding carboxylic acids is 1. The van der Waals surface area contributed by atoms with Gasteiger partial charge >= 0.3 is 0 Å². The molecule has 8 heavy (non-hydrogen) atoms. The van der Waals surface area contributed by atoms with Gasteiger partial charge < -0.3 is 0 Å². The van der Waals surface area contributed by atoms with Gasteiger partial charge in [-0.1, -0.05) is 0 Å². The highest BCUT2D eigenvalue weighted by molar-refractivity contribution is 14.1. The van der Waals surface area contributed by atoms with E-state index < -0.39 is 0 Å². The van der Waals surface area contributed by atoms with E-state index in [1.165, 1.54) is 0 Å². The highest BCUT2D eigenvalue weighted by Crippen LogP contribution is 1.95. The van der Waals surface area contributed by atoms with Crippen LogP contribution in [0.1, 0.15) is 12.8 Å². The van der Waals surface area contributed by atoms with Crippen molar-refractivity contribution in [1.82, 2.24) is 3.53 Å². The maximum atomic E-state index is 10.3. The van der Waals surface area contributed by atoms with Crippen LogP contribution in [0.25, 0.3) is 0 Å². The van der Waals surface area contributed by atoms with Crippen LogP contribution in [-0.2, 0) is 4.79 Å². The predicted octanol–water partition coefficient (Wildman–Crippen LogP) is 1.67. The lowest BCUT2D eigenvalue weighted by molar-refractivity contribution is -0.109. The molecule has 0 aromatic heterocycles. The van der Waals surface area contributed by atoms with Gasteiger partial charge in [-0.25, -0.2) is 0 Å². The molecule has 0 unspecified atom stereocenters. The predicted molar refractivity (Wildman–Crippen MR) is 50.3 cm³/mol. The summed E-state index contributed by atoms with van der Waals surface area (Å²) in [7, 11) is 0. The lowest BCUT2D eigenvalue weighted by atomic mass is 10.3. The van der Waals surface area contributed by atoms with Gasteiger partial charge in [-0.15, -0.1) is 0 Å². The van der Waals surface area contributed by atoms with Crippen LogP contribution in [0.15, 0.2) is 0 Å². The third kappa shape index (κ3) is 7.09. The molecule has 0 radical (unpaired) electrons. The molecule has 0 amide bonds. The van der Waals surface area contributed by atoms with E-state index >= 15 is 0 Å². The normalized spacial score (nSPS) is 9.25. The molecule has 0 aromatic carbocycles. The van der Waals surface area contributed by atoms with Crippen molar-refractivity contribution in [2.45, 2.75) is 12.8 Å². The summed E-state index contributed by atoms with van der Waals surface area (Å²) in [5, 5.41) is 0. The fraction of sp³-hybridized carbons (Fsp3) is 0.750. The SMILES string of the molecule is O=C(I)CCCNI. The number of hydrogen-bond donors (Lipinski definition) is 1. The molecule has 0 atom stereocenters. The molecule has 0 rings (SSSR count). The zero-order valence-electron chi connectivity index (χ0n) is 4.29. The van der Waals surface area contributed by atoms with Crippen molar-refractivity contribution in [3.8, 4) is 0 Å². The Morgan fingerprint density at radius 3 is 2.62 bits per heavy atom. The van der Waals surface area contributed by atoms with E-state index in [-0.39, 0.29) is 3.79 Å². The molecule has 0 aliphatic rings. The van der Waals surface area contributed by atoms with Crippen molar-refractivity contribution in [1.29, 1.82) is 0 Å². The summed E-state index contributed by atoms with van der Waals surface area (Å²) in [6.07, 6.45) is 1.64. The summed E-state index contributed by atoms with van der Waals surface area (Å²) in [4.78, 5) is 10.3. The molecule has 0 saturated heterocycles. The van der Waals surface area contributed by atoms with Gasteiger partial charge in [-0.05, 0) is 29.0 Å². The van der Waals surface area contributed by atoms with E-state index in [1.807, 2.05) is 22.6 Å². The third-order valence-electron chi connectivity index (χ3n) is 0.645. The fourth-order valence-electron chi connectivity index (χ4n) is 0.294. The van der Waals surface area contributed by atoms with Gasteiger partial charge in [0.05, 0.1) is 0 Å². The van der Waals surface area contributed by atoms with Gasteiger partial charge in [0.1, 0.15) is 0 Å². The lowest BCUT2D eigenvalue weighted by Crippen LogP contribution is -2.00. The van der Waals surface area contributed by atoms with E-state index in [0.29, 0.717) is 6.42 Å². The van der Waals surface area contributed by atoms with Gasteiger partial charge in [0, 0.05) is 35.8 Å². The Labute approximate surface area is 76.4 Å². The van der Waals surface area contributed by atoms with Gasteiger partial charge in [0.15, 0.2) is 3.79 Å². The minimum absolute atomic E-state index is 0.245. The first kappa shape index (κ1) is 9.09.